The van der Waals surface area contributed by atoms with Gasteiger partial charge in [-0.3, -0.25) is 14.4 Å². The number of nitrogens with one attached hydrogen (secondary N) is 2. The maximum Gasteiger partial charge on any atom is 0.353 e. The van der Waals surface area contributed by atoms with Crippen LogP contribution < -0.4 is 10.6 Å². The third-order valence-corrected chi connectivity index (χ3v) is 12.1. The summed E-state index contributed by atoms with van der Waals surface area (Å²) in [6.07, 6.45) is 0. The van der Waals surface area contributed by atoms with Gasteiger partial charge in [-0.05, 0) is 51.3 Å². The Morgan fingerprint density at radius 3 is 1.98 bits per heavy atom. The molecule has 0 aliphatic carbocycles. The van der Waals surface area contributed by atoms with Crippen molar-refractivity contribution in [1.82, 2.24) is 15.2 Å². The summed E-state index contributed by atoms with van der Waals surface area (Å²) in [5, 5.41) is 22.0. The molecule has 0 saturated carbocycles. The highest BCUT2D eigenvalue weighted by Gasteiger charge is 2.57. The van der Waals surface area contributed by atoms with E-state index in [-0.39, 0.29) is 29.6 Å². The monoisotopic (exact) mass is 803 g/mol. The smallest absolute Gasteiger partial charge is 0.353 e. The number of carbonyl (C=O) groups excluding carboxylic acids is 3. The number of anilines is 1. The number of fused-ring (bicyclic) bond motifs is 1. The number of halogens is 1. The Hall–Kier alpha value is -4.92. The quantitative estimate of drug-likeness (QED) is 0.0360. The molecule has 55 heavy (non-hydrogen) atoms. The number of thioether (sulfide) groups is 1. The SMILES string of the molecule is CC(C)(C)OC(=O)C(C)(C)ON=C(C(=O)NC1C(=O)N2CC(CCl)(C(=O)O)CS[C@H]12)c1csc(NC(c2ccccc2)(c2ccccc2)c2ccccc2)n1. The largest absolute Gasteiger partial charge is 0.481 e. The summed E-state index contributed by atoms with van der Waals surface area (Å²) in [4.78, 5) is 64.6. The first-order valence-corrected chi connectivity index (χ1v) is 20.0. The molecule has 3 heterocycles. The Labute approximate surface area is 332 Å². The van der Waals surface area contributed by atoms with E-state index in [1.54, 1.807) is 26.2 Å². The van der Waals surface area contributed by atoms with E-state index < -0.39 is 57.3 Å². The van der Waals surface area contributed by atoms with E-state index in [2.05, 4.69) is 15.8 Å². The zero-order valence-electron chi connectivity index (χ0n) is 30.9. The maximum atomic E-state index is 14.1. The fraction of sp³-hybridized carbons (Fsp3) is 0.350. The zero-order valence-corrected chi connectivity index (χ0v) is 33.3. The second-order valence-electron chi connectivity index (χ2n) is 14.9. The molecule has 2 aliphatic heterocycles. The van der Waals surface area contributed by atoms with Gasteiger partial charge >= 0.3 is 11.9 Å². The summed E-state index contributed by atoms with van der Waals surface area (Å²) in [6, 6.07) is 28.9. The number of carboxylic acid groups (broad SMARTS) is 1. The Bertz CT molecular complexity index is 1980. The van der Waals surface area contributed by atoms with Crippen LogP contribution in [-0.4, -0.2) is 85.3 Å². The van der Waals surface area contributed by atoms with Crippen molar-refractivity contribution in [3.63, 3.8) is 0 Å². The van der Waals surface area contributed by atoms with E-state index >= 15 is 0 Å². The lowest BCUT2D eigenvalue weighted by molar-refractivity contribution is -0.179. The van der Waals surface area contributed by atoms with Gasteiger partial charge in [0.1, 0.15) is 33.7 Å². The third-order valence-electron chi connectivity index (χ3n) is 9.27. The van der Waals surface area contributed by atoms with Crippen molar-refractivity contribution in [3.05, 3.63) is 119 Å². The number of oxime groups is 1. The number of alkyl halides is 1. The Kier molecular flexibility index (Phi) is 11.3. The van der Waals surface area contributed by atoms with Gasteiger partial charge in [0.05, 0.1) is 0 Å². The number of β-lactam (4-membered cyclic amide) rings is 1. The van der Waals surface area contributed by atoms with Crippen LogP contribution >= 0.6 is 34.7 Å². The van der Waals surface area contributed by atoms with Crippen molar-refractivity contribution in [1.29, 1.82) is 0 Å². The summed E-state index contributed by atoms with van der Waals surface area (Å²) in [5.74, 6) is -3.01. The minimum absolute atomic E-state index is 0.0735. The molecule has 2 fully saturated rings. The average Bonchev–Trinajstić information content (AvgIpc) is 3.63. The fourth-order valence-corrected chi connectivity index (χ4v) is 8.99. The predicted octanol–water partition coefficient (Wildman–Crippen LogP) is 6.10. The van der Waals surface area contributed by atoms with Crippen LogP contribution in [0.2, 0.25) is 0 Å². The highest BCUT2D eigenvalue weighted by molar-refractivity contribution is 8.00. The summed E-state index contributed by atoms with van der Waals surface area (Å²) in [7, 11) is 0. The number of amides is 2. The lowest BCUT2D eigenvalue weighted by Crippen LogP contribution is -2.74. The van der Waals surface area contributed by atoms with Crippen molar-refractivity contribution < 1.29 is 33.9 Å². The van der Waals surface area contributed by atoms with E-state index in [1.165, 1.54) is 41.8 Å². The van der Waals surface area contributed by atoms with Crippen LogP contribution in [0.5, 0.6) is 0 Å². The van der Waals surface area contributed by atoms with E-state index in [9.17, 15) is 24.3 Å². The van der Waals surface area contributed by atoms with Gasteiger partial charge < -0.3 is 30.2 Å². The first-order valence-electron chi connectivity index (χ1n) is 17.5. The number of carbonyl (C=O) groups is 4. The number of thiazole rings is 1. The van der Waals surface area contributed by atoms with Crippen LogP contribution in [0.15, 0.2) is 102 Å². The van der Waals surface area contributed by atoms with Crippen LogP contribution in [-0.2, 0) is 34.3 Å². The van der Waals surface area contributed by atoms with Gasteiger partial charge in [-0.2, -0.15) is 0 Å². The second kappa shape index (κ2) is 15.7. The normalized spacial score (nSPS) is 20.1. The van der Waals surface area contributed by atoms with Crippen molar-refractivity contribution in [3.8, 4) is 0 Å². The lowest BCUT2D eigenvalue weighted by atomic mass is 9.77. The fourth-order valence-electron chi connectivity index (χ4n) is 6.29. The average molecular weight is 804 g/mol. The van der Waals surface area contributed by atoms with E-state index in [0.717, 1.165) is 16.7 Å². The van der Waals surface area contributed by atoms with Crippen LogP contribution in [0.3, 0.4) is 0 Å². The van der Waals surface area contributed by atoms with Gasteiger partial charge in [0.15, 0.2) is 10.8 Å². The Morgan fingerprint density at radius 2 is 1.49 bits per heavy atom. The molecule has 2 amide bonds. The molecule has 2 aliphatic rings. The van der Waals surface area contributed by atoms with Crippen LogP contribution in [0.25, 0.3) is 0 Å². The van der Waals surface area contributed by atoms with Gasteiger partial charge in [0, 0.05) is 23.6 Å². The number of carboxylic acids is 1. The first kappa shape index (κ1) is 39.8. The predicted molar refractivity (Wildman–Crippen MR) is 213 cm³/mol. The molecule has 3 aromatic carbocycles. The number of rotatable bonds is 13. The number of aromatic nitrogens is 1. The highest BCUT2D eigenvalue weighted by Crippen LogP contribution is 2.43. The van der Waals surface area contributed by atoms with Crippen molar-refractivity contribution in [2.24, 2.45) is 10.6 Å². The van der Waals surface area contributed by atoms with Crippen molar-refractivity contribution >= 4 is 69.3 Å². The molecule has 15 heteroatoms. The summed E-state index contributed by atoms with van der Waals surface area (Å²) < 4.78 is 5.53. The molecule has 0 radical (unpaired) electrons. The van der Waals surface area contributed by atoms with Gasteiger partial charge in [0.2, 0.25) is 11.5 Å². The molecular weight excluding hydrogens is 762 g/mol. The molecular formula is C40H42ClN5O7S2. The number of ether oxygens (including phenoxy) is 1. The van der Waals surface area contributed by atoms with Crippen molar-refractivity contribution in [2.45, 2.75) is 62.8 Å². The minimum atomic E-state index is -1.61. The molecule has 2 saturated heterocycles. The number of nitrogens with zero attached hydrogens (tertiary/aromatic N) is 3. The van der Waals surface area contributed by atoms with Crippen LogP contribution in [0, 0.1) is 5.41 Å². The molecule has 2 unspecified atom stereocenters. The summed E-state index contributed by atoms with van der Waals surface area (Å²) in [6.45, 7) is 8.05. The molecule has 3 atom stereocenters. The second-order valence-corrected chi connectivity index (χ2v) is 17.1. The Balaban J connectivity index is 1.35. The summed E-state index contributed by atoms with van der Waals surface area (Å²) in [5.41, 5.74) is -1.95. The number of benzene rings is 3. The molecule has 0 spiro atoms. The summed E-state index contributed by atoms with van der Waals surface area (Å²) >= 11 is 8.52. The minimum Gasteiger partial charge on any atom is -0.481 e. The van der Waals surface area contributed by atoms with E-state index in [4.69, 9.17) is 26.2 Å². The standard InChI is InChI=1S/C40H42ClN5O7S2/c1-37(2,3)52-35(51)38(4,5)53-45-29(31(47)43-30-32(48)46-23-39(22-41,34(49)50)24-55-33(30)46)28-21-54-36(42-28)44-40(25-15-9-6-10-16-25,26-17-11-7-12-18-26)27-19-13-8-14-20-27/h6-21,30,33H,22-24H2,1-5H3,(H,42,44)(H,43,47)(H,49,50)/t30?,33-,39?/m1/s1. The van der Waals surface area contributed by atoms with Crippen molar-refractivity contribution in [2.75, 3.05) is 23.5 Å². The zero-order chi connectivity index (χ0) is 39.6. The lowest BCUT2D eigenvalue weighted by Gasteiger charge is -2.53. The number of esters is 1. The topological polar surface area (TPSA) is 160 Å². The molecule has 0 bridgehead atoms. The van der Waals surface area contributed by atoms with Crippen LogP contribution in [0.1, 0.15) is 57.0 Å². The maximum absolute atomic E-state index is 14.1. The highest BCUT2D eigenvalue weighted by atomic mass is 35.5. The molecule has 288 valence electrons. The van der Waals surface area contributed by atoms with Gasteiger partial charge in [-0.25, -0.2) is 9.78 Å². The molecule has 4 aromatic rings. The third kappa shape index (κ3) is 8.07. The van der Waals surface area contributed by atoms with Gasteiger partial charge in [0.25, 0.3) is 5.91 Å². The Morgan fingerprint density at radius 1 is 0.945 bits per heavy atom. The first-order chi connectivity index (χ1) is 26.1. The molecule has 3 N–H and O–H groups in total. The number of hydrogen-bond acceptors (Lipinski definition) is 11. The molecule has 6 rings (SSSR count). The molecule has 12 nitrogen and oxygen atoms in total. The molecule has 1 aromatic heterocycles. The van der Waals surface area contributed by atoms with Gasteiger partial charge in [-0.1, -0.05) is 96.2 Å². The number of aliphatic carboxylic acids is 1. The van der Waals surface area contributed by atoms with E-state index in [0.29, 0.717) is 5.13 Å². The van der Waals surface area contributed by atoms with Gasteiger partial charge in [-0.15, -0.1) is 34.7 Å². The van der Waals surface area contributed by atoms with E-state index in [1.807, 2.05) is 91.0 Å². The number of hydrogen-bond donors (Lipinski definition) is 3. The van der Waals surface area contributed by atoms with Crippen LogP contribution in [0.4, 0.5) is 5.13 Å².